The van der Waals surface area contributed by atoms with Crippen LogP contribution >= 0.6 is 0 Å². The number of carbonyl (C=O) groups is 2. The second-order valence-electron chi connectivity index (χ2n) is 3.14. The Morgan fingerprint density at radius 1 is 1.47 bits per heavy atom. The van der Waals surface area contributed by atoms with E-state index in [4.69, 9.17) is 9.84 Å². The Bertz CT molecular complexity index is 454. The molecule has 0 radical (unpaired) electrons. The summed E-state index contributed by atoms with van der Waals surface area (Å²) >= 11 is 0. The SMILES string of the molecule is O=C(O)COCCNC(=O)c1cc[nH]c(=O)c1. The van der Waals surface area contributed by atoms with Gasteiger partial charge in [0.25, 0.3) is 5.91 Å². The number of hydrogen-bond donors (Lipinski definition) is 3. The minimum atomic E-state index is -1.06. The number of pyridine rings is 1. The van der Waals surface area contributed by atoms with Crippen molar-refractivity contribution in [2.75, 3.05) is 19.8 Å². The van der Waals surface area contributed by atoms with Gasteiger partial charge in [-0.05, 0) is 6.07 Å². The summed E-state index contributed by atoms with van der Waals surface area (Å²) in [5, 5.41) is 10.8. The average Bonchev–Trinajstić information content (AvgIpc) is 2.28. The Kier molecular flexibility index (Phi) is 4.89. The predicted molar refractivity (Wildman–Crippen MR) is 57.9 cm³/mol. The topological polar surface area (TPSA) is 108 Å². The van der Waals surface area contributed by atoms with Crippen LogP contribution < -0.4 is 10.9 Å². The lowest BCUT2D eigenvalue weighted by Gasteiger charge is -2.04. The van der Waals surface area contributed by atoms with Gasteiger partial charge in [-0.2, -0.15) is 0 Å². The lowest BCUT2D eigenvalue weighted by atomic mass is 10.2. The van der Waals surface area contributed by atoms with Gasteiger partial charge in [-0.15, -0.1) is 0 Å². The summed E-state index contributed by atoms with van der Waals surface area (Å²) in [6.07, 6.45) is 1.37. The molecule has 0 unspecified atom stereocenters. The number of nitrogens with one attached hydrogen (secondary N) is 2. The van der Waals surface area contributed by atoms with Crippen molar-refractivity contribution in [3.05, 3.63) is 34.2 Å². The number of aromatic amines is 1. The number of amides is 1. The maximum atomic E-state index is 11.5. The molecule has 17 heavy (non-hydrogen) atoms. The molecule has 7 nitrogen and oxygen atoms in total. The highest BCUT2D eigenvalue weighted by molar-refractivity contribution is 5.93. The summed E-state index contributed by atoms with van der Waals surface area (Å²) < 4.78 is 4.72. The van der Waals surface area contributed by atoms with Crippen molar-refractivity contribution in [3.63, 3.8) is 0 Å². The van der Waals surface area contributed by atoms with Crippen LogP contribution in [0.4, 0.5) is 0 Å². The molecule has 1 aromatic rings. The third kappa shape index (κ3) is 4.94. The molecular formula is C10H12N2O5. The van der Waals surface area contributed by atoms with Crippen LogP contribution in [0.5, 0.6) is 0 Å². The number of carboxylic acid groups (broad SMARTS) is 1. The highest BCUT2D eigenvalue weighted by Crippen LogP contribution is 1.91. The number of aliphatic carboxylic acids is 1. The van der Waals surface area contributed by atoms with Gasteiger partial charge in [0, 0.05) is 24.4 Å². The van der Waals surface area contributed by atoms with Gasteiger partial charge in [-0.3, -0.25) is 9.59 Å². The van der Waals surface area contributed by atoms with Gasteiger partial charge >= 0.3 is 5.97 Å². The van der Waals surface area contributed by atoms with Gasteiger partial charge in [0.15, 0.2) is 0 Å². The van der Waals surface area contributed by atoms with E-state index in [1.807, 2.05) is 0 Å². The first kappa shape index (κ1) is 12.9. The second-order valence-corrected chi connectivity index (χ2v) is 3.14. The van der Waals surface area contributed by atoms with E-state index in [0.717, 1.165) is 0 Å². The van der Waals surface area contributed by atoms with Crippen LogP contribution in [0.15, 0.2) is 23.1 Å². The fourth-order valence-corrected chi connectivity index (χ4v) is 1.08. The van der Waals surface area contributed by atoms with Crippen LogP contribution in [-0.2, 0) is 9.53 Å². The summed E-state index contributed by atoms with van der Waals surface area (Å²) in [7, 11) is 0. The third-order valence-electron chi connectivity index (χ3n) is 1.79. The molecule has 92 valence electrons. The first-order chi connectivity index (χ1) is 8.09. The van der Waals surface area contributed by atoms with Crippen molar-refractivity contribution in [3.8, 4) is 0 Å². The molecule has 0 atom stereocenters. The number of aromatic nitrogens is 1. The van der Waals surface area contributed by atoms with Crippen LogP contribution in [0.25, 0.3) is 0 Å². The van der Waals surface area contributed by atoms with Gasteiger partial charge in [-0.1, -0.05) is 0 Å². The molecular weight excluding hydrogens is 228 g/mol. The van der Waals surface area contributed by atoms with Crippen molar-refractivity contribution < 1.29 is 19.4 Å². The maximum absolute atomic E-state index is 11.5. The molecule has 1 amide bonds. The standard InChI is InChI=1S/C10H12N2O5/c13-8-5-7(1-2-11-8)10(16)12-3-4-17-6-9(14)15/h1-2,5H,3-4,6H2,(H,11,13)(H,12,16)(H,14,15). The van der Waals surface area contributed by atoms with Gasteiger partial charge in [0.05, 0.1) is 6.61 Å². The molecule has 0 aromatic carbocycles. The van der Waals surface area contributed by atoms with Gasteiger partial charge < -0.3 is 20.1 Å². The predicted octanol–water partition coefficient (Wildman–Crippen LogP) is -0.794. The summed E-state index contributed by atoms with van der Waals surface area (Å²) in [6.45, 7) is -0.124. The molecule has 7 heteroatoms. The third-order valence-corrected chi connectivity index (χ3v) is 1.79. The van der Waals surface area contributed by atoms with Crippen LogP contribution in [0.3, 0.4) is 0 Å². The van der Waals surface area contributed by atoms with E-state index in [2.05, 4.69) is 10.3 Å². The van der Waals surface area contributed by atoms with Crippen LogP contribution in [-0.4, -0.2) is 41.7 Å². The minimum Gasteiger partial charge on any atom is -0.480 e. The number of carbonyl (C=O) groups excluding carboxylic acids is 1. The van der Waals surface area contributed by atoms with E-state index in [-0.39, 0.29) is 24.3 Å². The first-order valence-corrected chi connectivity index (χ1v) is 4.86. The second kappa shape index (κ2) is 6.44. The van der Waals surface area contributed by atoms with E-state index in [1.165, 1.54) is 18.3 Å². The maximum Gasteiger partial charge on any atom is 0.329 e. The molecule has 0 aliphatic carbocycles. The van der Waals surface area contributed by atoms with Gasteiger partial charge in [0.2, 0.25) is 5.56 Å². The normalized spacial score (nSPS) is 9.88. The lowest BCUT2D eigenvalue weighted by Crippen LogP contribution is -2.28. The molecule has 1 aromatic heterocycles. The largest absolute Gasteiger partial charge is 0.480 e. The first-order valence-electron chi connectivity index (χ1n) is 4.86. The van der Waals surface area contributed by atoms with Crippen molar-refractivity contribution in [1.29, 1.82) is 0 Å². The summed E-state index contributed by atoms with van der Waals surface area (Å²) in [5.74, 6) is -1.47. The smallest absolute Gasteiger partial charge is 0.329 e. The molecule has 0 aliphatic rings. The zero-order valence-electron chi connectivity index (χ0n) is 8.93. The lowest BCUT2D eigenvalue weighted by molar-refractivity contribution is -0.142. The molecule has 0 saturated heterocycles. The monoisotopic (exact) mass is 240 g/mol. The fourth-order valence-electron chi connectivity index (χ4n) is 1.08. The van der Waals surface area contributed by atoms with E-state index in [9.17, 15) is 14.4 Å². The zero-order chi connectivity index (χ0) is 12.7. The number of carboxylic acids is 1. The molecule has 0 aliphatic heterocycles. The zero-order valence-corrected chi connectivity index (χ0v) is 8.93. The molecule has 0 fully saturated rings. The van der Waals surface area contributed by atoms with Gasteiger partial charge in [-0.25, -0.2) is 4.79 Å². The summed E-state index contributed by atoms with van der Waals surface area (Å²) in [4.78, 5) is 34.9. The van der Waals surface area contributed by atoms with Crippen LogP contribution in [0.2, 0.25) is 0 Å². The minimum absolute atomic E-state index is 0.0984. The highest BCUT2D eigenvalue weighted by atomic mass is 16.5. The summed E-state index contributed by atoms with van der Waals surface area (Å²) in [6, 6.07) is 2.64. The van der Waals surface area contributed by atoms with Crippen LogP contribution in [0.1, 0.15) is 10.4 Å². The van der Waals surface area contributed by atoms with E-state index in [0.29, 0.717) is 0 Å². The molecule has 1 rings (SSSR count). The number of rotatable bonds is 6. The Hall–Kier alpha value is -2.15. The fraction of sp³-hybridized carbons (Fsp3) is 0.300. The summed E-state index contributed by atoms with van der Waals surface area (Å²) in [5.41, 5.74) is -0.119. The quantitative estimate of drug-likeness (QED) is 0.564. The Morgan fingerprint density at radius 2 is 2.24 bits per heavy atom. The van der Waals surface area contributed by atoms with Crippen molar-refractivity contribution >= 4 is 11.9 Å². The molecule has 1 heterocycles. The van der Waals surface area contributed by atoms with Crippen LogP contribution in [0, 0.1) is 0 Å². The Balaban J connectivity index is 2.30. The van der Waals surface area contributed by atoms with E-state index < -0.39 is 18.5 Å². The van der Waals surface area contributed by atoms with Crippen molar-refractivity contribution in [2.45, 2.75) is 0 Å². The Morgan fingerprint density at radius 3 is 2.88 bits per heavy atom. The number of ether oxygens (including phenoxy) is 1. The average molecular weight is 240 g/mol. The highest BCUT2D eigenvalue weighted by Gasteiger charge is 2.04. The van der Waals surface area contributed by atoms with Crippen molar-refractivity contribution in [1.82, 2.24) is 10.3 Å². The van der Waals surface area contributed by atoms with Crippen molar-refractivity contribution in [2.24, 2.45) is 0 Å². The van der Waals surface area contributed by atoms with E-state index in [1.54, 1.807) is 0 Å². The Labute approximate surface area is 96.4 Å². The number of hydrogen-bond acceptors (Lipinski definition) is 4. The number of H-pyrrole nitrogens is 1. The molecule has 0 bridgehead atoms. The van der Waals surface area contributed by atoms with Gasteiger partial charge in [0.1, 0.15) is 6.61 Å². The molecule has 0 spiro atoms. The molecule has 3 N–H and O–H groups in total. The van der Waals surface area contributed by atoms with E-state index >= 15 is 0 Å². The molecule has 0 saturated carbocycles.